The molecule has 0 aromatic heterocycles. The molecule has 5 nitrogen and oxygen atoms in total. The van der Waals surface area contributed by atoms with Gasteiger partial charge in [0.2, 0.25) is 0 Å². The Morgan fingerprint density at radius 2 is 1.92 bits per heavy atom. The van der Waals surface area contributed by atoms with Gasteiger partial charge in [0, 0.05) is 34.9 Å². The van der Waals surface area contributed by atoms with Crippen LogP contribution in [0.3, 0.4) is 0 Å². The van der Waals surface area contributed by atoms with E-state index in [1.807, 2.05) is 24.3 Å². The van der Waals surface area contributed by atoms with E-state index in [0.29, 0.717) is 23.9 Å². The van der Waals surface area contributed by atoms with Crippen LogP contribution < -0.4 is 15.4 Å². The van der Waals surface area contributed by atoms with Crippen molar-refractivity contribution in [2.75, 3.05) is 40.0 Å². The summed E-state index contributed by atoms with van der Waals surface area (Å²) in [4.78, 5) is 12.3. The Bertz CT molecular complexity index is 754. The molecule has 1 amide bonds. The van der Waals surface area contributed by atoms with Gasteiger partial charge in [-0.05, 0) is 38.1 Å². The number of benzene rings is 2. The van der Waals surface area contributed by atoms with Gasteiger partial charge >= 0.3 is 0 Å². The van der Waals surface area contributed by atoms with E-state index in [2.05, 4.69) is 10.6 Å². The largest absolute Gasteiger partial charge is 0.483 e. The molecule has 0 saturated carbocycles. The molecule has 1 aliphatic rings. The van der Waals surface area contributed by atoms with Crippen LogP contribution in [0, 0.1) is 5.41 Å². The zero-order valence-corrected chi connectivity index (χ0v) is 15.8. The Morgan fingerprint density at radius 1 is 1.19 bits per heavy atom. The predicted molar refractivity (Wildman–Crippen MR) is 104 cm³/mol. The monoisotopic (exact) mass is 376 g/mol. The number of nitrogens with one attached hydrogen (secondary N) is 2. The molecule has 0 radical (unpaired) electrons. The highest BCUT2D eigenvalue weighted by atomic mass is 35.5. The second kappa shape index (κ2) is 8.71. The highest BCUT2D eigenvalue weighted by Gasteiger charge is 2.32. The average Bonchev–Trinajstić information content (AvgIpc) is 2.67. The lowest BCUT2D eigenvalue weighted by molar-refractivity contribution is -0.124. The number of halogens is 1. The standard InChI is InChI=1S/C20H25ClN2O3/c1-25-14-20(8-10-22-11-9-20)13-23-19(24)12-26-18-7-6-17(21)15-4-2-3-5-16(15)18/h2-7,22H,8-14H2,1H3,(H,23,24). The Labute approximate surface area is 159 Å². The average molecular weight is 377 g/mol. The minimum absolute atomic E-state index is 0.00261. The van der Waals surface area contributed by atoms with Gasteiger partial charge in [-0.1, -0.05) is 35.9 Å². The molecular formula is C20H25ClN2O3. The molecule has 0 atom stereocenters. The number of carbonyl (C=O) groups is 1. The highest BCUT2D eigenvalue weighted by Crippen LogP contribution is 2.31. The fraction of sp³-hybridized carbons (Fsp3) is 0.450. The van der Waals surface area contributed by atoms with Gasteiger partial charge in [-0.2, -0.15) is 0 Å². The maximum atomic E-state index is 12.3. The van der Waals surface area contributed by atoms with Crippen molar-refractivity contribution in [1.29, 1.82) is 0 Å². The summed E-state index contributed by atoms with van der Waals surface area (Å²) in [5.74, 6) is 0.534. The van der Waals surface area contributed by atoms with Crippen molar-refractivity contribution in [3.63, 3.8) is 0 Å². The molecule has 1 saturated heterocycles. The zero-order chi connectivity index (χ0) is 18.4. The van der Waals surface area contributed by atoms with Crippen molar-refractivity contribution in [2.45, 2.75) is 12.8 Å². The van der Waals surface area contributed by atoms with Gasteiger partial charge in [0.05, 0.1) is 6.61 Å². The molecule has 0 unspecified atom stereocenters. The molecular weight excluding hydrogens is 352 g/mol. The number of ether oxygens (including phenoxy) is 2. The van der Waals surface area contributed by atoms with Gasteiger partial charge in [0.1, 0.15) is 5.75 Å². The summed E-state index contributed by atoms with van der Waals surface area (Å²) in [5.41, 5.74) is 0.00261. The molecule has 0 spiro atoms. The van der Waals surface area contributed by atoms with Gasteiger partial charge in [0.15, 0.2) is 6.61 Å². The molecule has 0 bridgehead atoms. The third-order valence-electron chi connectivity index (χ3n) is 4.96. The predicted octanol–water partition coefficient (Wildman–Crippen LogP) is 3.00. The van der Waals surface area contributed by atoms with E-state index in [1.54, 1.807) is 19.2 Å². The Kier molecular flexibility index (Phi) is 6.35. The fourth-order valence-corrected chi connectivity index (χ4v) is 3.70. The van der Waals surface area contributed by atoms with Crippen LogP contribution >= 0.6 is 11.6 Å². The molecule has 1 aliphatic heterocycles. The molecule has 26 heavy (non-hydrogen) atoms. The molecule has 2 aromatic rings. The zero-order valence-electron chi connectivity index (χ0n) is 15.0. The van der Waals surface area contributed by atoms with E-state index in [9.17, 15) is 4.79 Å². The summed E-state index contributed by atoms with van der Waals surface area (Å²) >= 11 is 6.22. The van der Waals surface area contributed by atoms with E-state index < -0.39 is 0 Å². The number of fused-ring (bicyclic) bond motifs is 1. The van der Waals surface area contributed by atoms with Gasteiger partial charge in [0.25, 0.3) is 5.91 Å². The Morgan fingerprint density at radius 3 is 2.65 bits per heavy atom. The summed E-state index contributed by atoms with van der Waals surface area (Å²) in [5, 5.41) is 8.85. The summed E-state index contributed by atoms with van der Waals surface area (Å²) < 4.78 is 11.1. The number of carbonyl (C=O) groups excluding carboxylic acids is 1. The molecule has 2 aromatic carbocycles. The number of rotatable bonds is 7. The van der Waals surface area contributed by atoms with E-state index in [-0.39, 0.29) is 17.9 Å². The van der Waals surface area contributed by atoms with Crippen LogP contribution in [-0.2, 0) is 9.53 Å². The van der Waals surface area contributed by atoms with Crippen LogP contribution in [0.15, 0.2) is 36.4 Å². The minimum Gasteiger partial charge on any atom is -0.483 e. The maximum absolute atomic E-state index is 12.3. The van der Waals surface area contributed by atoms with E-state index >= 15 is 0 Å². The number of hydrogen-bond acceptors (Lipinski definition) is 4. The third kappa shape index (κ3) is 4.47. The van der Waals surface area contributed by atoms with Gasteiger partial charge in [-0.3, -0.25) is 4.79 Å². The van der Waals surface area contributed by atoms with Crippen molar-refractivity contribution >= 4 is 28.3 Å². The van der Waals surface area contributed by atoms with Crippen molar-refractivity contribution in [3.8, 4) is 5.75 Å². The van der Waals surface area contributed by atoms with Crippen LogP contribution in [-0.4, -0.2) is 45.9 Å². The van der Waals surface area contributed by atoms with Crippen molar-refractivity contribution in [2.24, 2.45) is 5.41 Å². The molecule has 3 rings (SSSR count). The van der Waals surface area contributed by atoms with Crippen LogP contribution in [0.5, 0.6) is 5.75 Å². The summed E-state index contributed by atoms with van der Waals surface area (Å²) in [6.07, 6.45) is 1.98. The van der Waals surface area contributed by atoms with Crippen LogP contribution in [0.2, 0.25) is 5.02 Å². The smallest absolute Gasteiger partial charge is 0.257 e. The third-order valence-corrected chi connectivity index (χ3v) is 5.29. The van der Waals surface area contributed by atoms with Crippen LogP contribution in [0.1, 0.15) is 12.8 Å². The maximum Gasteiger partial charge on any atom is 0.257 e. The van der Waals surface area contributed by atoms with Gasteiger partial charge in [-0.25, -0.2) is 0 Å². The summed E-state index contributed by atoms with van der Waals surface area (Å²) in [7, 11) is 1.71. The first-order valence-electron chi connectivity index (χ1n) is 8.90. The normalized spacial score (nSPS) is 16.4. The number of piperidine rings is 1. The fourth-order valence-electron chi connectivity index (χ4n) is 3.48. The lowest BCUT2D eigenvalue weighted by Gasteiger charge is -2.37. The van der Waals surface area contributed by atoms with Gasteiger partial charge < -0.3 is 20.1 Å². The van der Waals surface area contributed by atoms with E-state index in [0.717, 1.165) is 36.7 Å². The number of amides is 1. The first kappa shape index (κ1) is 19.0. The topological polar surface area (TPSA) is 59.6 Å². The van der Waals surface area contributed by atoms with Crippen molar-refractivity contribution < 1.29 is 14.3 Å². The quantitative estimate of drug-likeness (QED) is 0.779. The van der Waals surface area contributed by atoms with Crippen LogP contribution in [0.25, 0.3) is 10.8 Å². The highest BCUT2D eigenvalue weighted by molar-refractivity contribution is 6.35. The molecule has 140 valence electrons. The lowest BCUT2D eigenvalue weighted by atomic mass is 9.79. The summed E-state index contributed by atoms with van der Waals surface area (Å²) in [6.45, 7) is 3.13. The molecule has 0 aliphatic carbocycles. The Hall–Kier alpha value is -1.82. The first-order valence-corrected chi connectivity index (χ1v) is 9.28. The van der Waals surface area contributed by atoms with E-state index in [1.165, 1.54) is 0 Å². The van der Waals surface area contributed by atoms with Crippen molar-refractivity contribution in [1.82, 2.24) is 10.6 Å². The number of hydrogen-bond donors (Lipinski definition) is 2. The van der Waals surface area contributed by atoms with Crippen molar-refractivity contribution in [3.05, 3.63) is 41.4 Å². The first-order chi connectivity index (χ1) is 12.6. The number of methoxy groups -OCH3 is 1. The lowest BCUT2D eigenvalue weighted by Crippen LogP contribution is -2.47. The van der Waals surface area contributed by atoms with E-state index in [4.69, 9.17) is 21.1 Å². The second-order valence-electron chi connectivity index (χ2n) is 6.84. The minimum atomic E-state index is -0.127. The molecule has 2 N–H and O–H groups in total. The molecule has 1 fully saturated rings. The SMILES string of the molecule is COCC1(CNC(=O)COc2ccc(Cl)c3ccccc23)CCNCC1. The Balaban J connectivity index is 1.58. The van der Waals surface area contributed by atoms with Crippen LogP contribution in [0.4, 0.5) is 0 Å². The molecule has 6 heteroatoms. The van der Waals surface area contributed by atoms with Gasteiger partial charge in [-0.15, -0.1) is 0 Å². The second-order valence-corrected chi connectivity index (χ2v) is 7.25. The summed E-state index contributed by atoms with van der Waals surface area (Å²) in [6, 6.07) is 11.3. The molecule has 1 heterocycles.